The van der Waals surface area contributed by atoms with Crippen molar-refractivity contribution < 1.29 is 0 Å². The van der Waals surface area contributed by atoms with E-state index in [9.17, 15) is 0 Å². The number of rotatable bonds is 3. The third-order valence-corrected chi connectivity index (χ3v) is 4.00. The van der Waals surface area contributed by atoms with E-state index in [-0.39, 0.29) is 0 Å². The van der Waals surface area contributed by atoms with E-state index in [1.54, 1.807) is 12.5 Å². The van der Waals surface area contributed by atoms with Crippen molar-refractivity contribution in [2.75, 3.05) is 6.54 Å². The molecule has 5 heteroatoms. The molecule has 106 valence electrons. The fourth-order valence-electron chi connectivity index (χ4n) is 2.85. The van der Waals surface area contributed by atoms with Gasteiger partial charge in [-0.05, 0) is 17.7 Å². The number of H-pyrrole nitrogens is 1. The third-order valence-electron chi connectivity index (χ3n) is 4.00. The maximum atomic E-state index is 4.35. The highest BCUT2D eigenvalue weighted by Crippen LogP contribution is 2.18. The molecule has 21 heavy (non-hydrogen) atoms. The van der Waals surface area contributed by atoms with Crippen molar-refractivity contribution in [2.24, 2.45) is 0 Å². The molecule has 0 atom stereocenters. The lowest BCUT2D eigenvalue weighted by atomic mass is 10.1. The Morgan fingerprint density at radius 3 is 2.90 bits per heavy atom. The molecule has 3 heterocycles. The van der Waals surface area contributed by atoms with Crippen molar-refractivity contribution in [1.82, 2.24) is 24.4 Å². The first-order valence-corrected chi connectivity index (χ1v) is 7.19. The Morgan fingerprint density at radius 2 is 2.10 bits per heavy atom. The summed E-state index contributed by atoms with van der Waals surface area (Å²) in [6.45, 7) is 3.00. The van der Waals surface area contributed by atoms with Crippen LogP contribution in [0.25, 0.3) is 5.69 Å². The lowest BCUT2D eigenvalue weighted by Crippen LogP contribution is -2.30. The zero-order chi connectivity index (χ0) is 14.1. The molecule has 1 N–H and O–H groups in total. The molecule has 0 bridgehead atoms. The third kappa shape index (κ3) is 2.48. The lowest BCUT2D eigenvalue weighted by Gasteiger charge is -2.26. The van der Waals surface area contributed by atoms with Gasteiger partial charge in [0.05, 0.1) is 24.0 Å². The van der Waals surface area contributed by atoms with Gasteiger partial charge in [0.15, 0.2) is 0 Å². The molecule has 2 aromatic heterocycles. The van der Waals surface area contributed by atoms with Crippen LogP contribution in [0.1, 0.15) is 17.0 Å². The number of nitrogens with zero attached hydrogens (tertiary/aromatic N) is 4. The van der Waals surface area contributed by atoms with E-state index < -0.39 is 0 Å². The normalized spacial score (nSPS) is 15.0. The van der Waals surface area contributed by atoms with Crippen LogP contribution in [0.3, 0.4) is 0 Å². The lowest BCUT2D eigenvalue weighted by molar-refractivity contribution is 0.241. The summed E-state index contributed by atoms with van der Waals surface area (Å²) in [6.07, 6.45) is 8.41. The zero-order valence-corrected chi connectivity index (χ0v) is 11.7. The van der Waals surface area contributed by atoms with Crippen molar-refractivity contribution in [2.45, 2.75) is 19.5 Å². The van der Waals surface area contributed by atoms with Crippen LogP contribution < -0.4 is 0 Å². The Hall–Kier alpha value is -2.40. The van der Waals surface area contributed by atoms with Crippen LogP contribution in [-0.4, -0.2) is 31.0 Å². The van der Waals surface area contributed by atoms with Gasteiger partial charge < -0.3 is 9.55 Å². The quantitative estimate of drug-likeness (QED) is 0.799. The number of hydrogen-bond acceptors (Lipinski definition) is 3. The summed E-state index contributed by atoms with van der Waals surface area (Å²) >= 11 is 0. The fraction of sp³-hybridized carbons (Fsp3) is 0.250. The largest absolute Gasteiger partial charge is 0.347 e. The fourth-order valence-corrected chi connectivity index (χ4v) is 2.85. The van der Waals surface area contributed by atoms with Crippen LogP contribution in [0.5, 0.6) is 0 Å². The van der Waals surface area contributed by atoms with E-state index in [4.69, 9.17) is 0 Å². The van der Waals surface area contributed by atoms with E-state index in [2.05, 4.69) is 44.1 Å². The van der Waals surface area contributed by atoms with Gasteiger partial charge in [-0.15, -0.1) is 0 Å². The van der Waals surface area contributed by atoms with Crippen LogP contribution in [0.4, 0.5) is 0 Å². The van der Waals surface area contributed by atoms with Crippen molar-refractivity contribution in [3.8, 4) is 5.69 Å². The molecule has 0 fully saturated rings. The first kappa shape index (κ1) is 12.3. The number of benzene rings is 1. The summed E-state index contributed by atoms with van der Waals surface area (Å²) in [5, 5.41) is 0. The Labute approximate surface area is 123 Å². The van der Waals surface area contributed by atoms with E-state index in [1.807, 2.05) is 17.1 Å². The van der Waals surface area contributed by atoms with Gasteiger partial charge >= 0.3 is 0 Å². The van der Waals surface area contributed by atoms with Gasteiger partial charge in [-0.25, -0.2) is 9.97 Å². The van der Waals surface area contributed by atoms with Crippen molar-refractivity contribution in [1.29, 1.82) is 0 Å². The number of aromatic amines is 1. The molecule has 4 rings (SSSR count). The summed E-state index contributed by atoms with van der Waals surface area (Å²) in [7, 11) is 0. The predicted octanol–water partition coefficient (Wildman–Crippen LogP) is 2.15. The highest BCUT2D eigenvalue weighted by atomic mass is 15.1. The summed E-state index contributed by atoms with van der Waals surface area (Å²) in [6, 6.07) is 8.67. The van der Waals surface area contributed by atoms with Crippen LogP contribution in [-0.2, 0) is 19.5 Å². The summed E-state index contributed by atoms with van der Waals surface area (Å²) in [4.78, 5) is 14.1. The standard InChI is InChI=1S/C16H17N5/c1-3-14(21-8-6-17-12-21)4-2-13(1)9-20-7-5-15-16(10-20)19-11-18-15/h1-4,6,8,11-12H,5,7,9-10H2,(H,18,19). The molecule has 0 amide bonds. The van der Waals surface area contributed by atoms with Gasteiger partial charge in [0.1, 0.15) is 0 Å². The Morgan fingerprint density at radius 1 is 1.19 bits per heavy atom. The molecule has 3 aromatic rings. The minimum Gasteiger partial charge on any atom is -0.347 e. The maximum absolute atomic E-state index is 4.35. The molecule has 5 nitrogen and oxygen atoms in total. The molecule has 0 unspecified atom stereocenters. The van der Waals surface area contributed by atoms with Gasteiger partial charge in [0.2, 0.25) is 0 Å². The van der Waals surface area contributed by atoms with Gasteiger partial charge in [-0.3, -0.25) is 4.90 Å². The second-order valence-electron chi connectivity index (χ2n) is 5.42. The molecule has 0 radical (unpaired) electrons. The molecule has 1 aliphatic heterocycles. The van der Waals surface area contributed by atoms with Crippen molar-refractivity contribution >= 4 is 0 Å². The molecule has 0 saturated heterocycles. The molecule has 0 aliphatic carbocycles. The predicted molar refractivity (Wildman–Crippen MR) is 80.0 cm³/mol. The number of aromatic nitrogens is 4. The first-order chi connectivity index (χ1) is 10.4. The molecule has 0 saturated carbocycles. The topological polar surface area (TPSA) is 49.7 Å². The Bertz CT molecular complexity index is 711. The number of imidazole rings is 2. The van der Waals surface area contributed by atoms with Crippen molar-refractivity contribution in [3.63, 3.8) is 0 Å². The second-order valence-corrected chi connectivity index (χ2v) is 5.42. The molecular weight excluding hydrogens is 262 g/mol. The van der Waals surface area contributed by atoms with Crippen LogP contribution in [0, 0.1) is 0 Å². The zero-order valence-electron chi connectivity index (χ0n) is 11.7. The summed E-state index contributed by atoms with van der Waals surface area (Å²) in [5.74, 6) is 0. The van der Waals surface area contributed by atoms with Crippen LogP contribution >= 0.6 is 0 Å². The van der Waals surface area contributed by atoms with Crippen LogP contribution in [0.2, 0.25) is 0 Å². The summed E-state index contributed by atoms with van der Waals surface area (Å²) in [5.41, 5.74) is 4.96. The second kappa shape index (κ2) is 5.18. The first-order valence-electron chi connectivity index (χ1n) is 7.19. The summed E-state index contributed by atoms with van der Waals surface area (Å²) < 4.78 is 2.02. The molecular formula is C16H17N5. The number of fused-ring (bicyclic) bond motifs is 1. The maximum Gasteiger partial charge on any atom is 0.0991 e. The monoisotopic (exact) mass is 279 g/mol. The minimum atomic E-state index is 0.957. The average molecular weight is 279 g/mol. The van der Waals surface area contributed by atoms with Gasteiger partial charge in [-0.2, -0.15) is 0 Å². The van der Waals surface area contributed by atoms with E-state index in [0.29, 0.717) is 0 Å². The SMILES string of the molecule is c1cn(-c2ccc(CN3CCc4nc[nH]c4C3)cc2)cn1. The van der Waals surface area contributed by atoms with E-state index >= 15 is 0 Å². The van der Waals surface area contributed by atoms with Gasteiger partial charge in [0, 0.05) is 44.1 Å². The molecule has 1 aliphatic rings. The molecule has 1 aromatic carbocycles. The number of hydrogen-bond donors (Lipinski definition) is 1. The van der Waals surface area contributed by atoms with Crippen LogP contribution in [0.15, 0.2) is 49.3 Å². The highest BCUT2D eigenvalue weighted by Gasteiger charge is 2.17. The Kier molecular flexibility index (Phi) is 3.05. The smallest absolute Gasteiger partial charge is 0.0991 e. The highest BCUT2D eigenvalue weighted by molar-refractivity contribution is 5.34. The number of nitrogens with one attached hydrogen (secondary N) is 1. The minimum absolute atomic E-state index is 0.957. The Balaban J connectivity index is 1.46. The van der Waals surface area contributed by atoms with Gasteiger partial charge in [0.25, 0.3) is 0 Å². The molecule has 0 spiro atoms. The van der Waals surface area contributed by atoms with Crippen molar-refractivity contribution in [3.05, 3.63) is 66.3 Å². The van der Waals surface area contributed by atoms with Gasteiger partial charge in [-0.1, -0.05) is 12.1 Å². The van der Waals surface area contributed by atoms with E-state index in [0.717, 1.165) is 31.7 Å². The van der Waals surface area contributed by atoms with E-state index in [1.165, 1.54) is 17.0 Å². The average Bonchev–Trinajstić information content (AvgIpc) is 3.19.